The van der Waals surface area contributed by atoms with Gasteiger partial charge in [-0.15, -0.1) is 0 Å². The van der Waals surface area contributed by atoms with Crippen molar-refractivity contribution in [1.82, 2.24) is 10.6 Å². The summed E-state index contributed by atoms with van der Waals surface area (Å²) in [7, 11) is 0. The first kappa shape index (κ1) is 15.5. The van der Waals surface area contributed by atoms with Crippen molar-refractivity contribution in [3.05, 3.63) is 0 Å². The molecule has 1 fully saturated rings. The lowest BCUT2D eigenvalue weighted by molar-refractivity contribution is -0.124. The van der Waals surface area contributed by atoms with Gasteiger partial charge in [-0.05, 0) is 46.0 Å². The van der Waals surface area contributed by atoms with Crippen LogP contribution in [-0.2, 0) is 4.79 Å². The highest BCUT2D eigenvalue weighted by molar-refractivity contribution is 5.81. The van der Waals surface area contributed by atoms with Crippen LogP contribution in [0.25, 0.3) is 0 Å². The van der Waals surface area contributed by atoms with Gasteiger partial charge in [0, 0.05) is 11.6 Å². The highest BCUT2D eigenvalue weighted by atomic mass is 16.2. The molecule has 3 heteroatoms. The molecule has 1 aliphatic carbocycles. The predicted molar refractivity (Wildman–Crippen MR) is 76.5 cm³/mol. The number of hydrogen-bond donors (Lipinski definition) is 2. The predicted octanol–water partition coefficient (Wildman–Crippen LogP) is 2.85. The van der Waals surface area contributed by atoms with Gasteiger partial charge in [0.15, 0.2) is 0 Å². The van der Waals surface area contributed by atoms with E-state index in [1.807, 2.05) is 27.7 Å². The van der Waals surface area contributed by atoms with Gasteiger partial charge in [0.05, 0.1) is 6.04 Å². The first-order chi connectivity index (χ1) is 8.12. The number of hydrogen-bond acceptors (Lipinski definition) is 2. The van der Waals surface area contributed by atoms with Crippen LogP contribution in [0.1, 0.15) is 67.2 Å². The molecule has 1 aliphatic rings. The van der Waals surface area contributed by atoms with Gasteiger partial charge in [0.2, 0.25) is 5.91 Å². The summed E-state index contributed by atoms with van der Waals surface area (Å²) in [6, 6.07) is 0.332. The van der Waals surface area contributed by atoms with E-state index in [-0.39, 0.29) is 17.5 Å². The Bertz CT molecular complexity index is 291. The van der Waals surface area contributed by atoms with Gasteiger partial charge in [0.1, 0.15) is 0 Å². The van der Waals surface area contributed by atoms with E-state index in [9.17, 15) is 4.79 Å². The third kappa shape index (κ3) is 4.60. The minimum Gasteiger partial charge on any atom is -0.350 e. The molecule has 0 aromatic carbocycles. The maximum Gasteiger partial charge on any atom is 0.237 e. The average molecular weight is 254 g/mol. The van der Waals surface area contributed by atoms with Gasteiger partial charge in [-0.1, -0.05) is 26.7 Å². The highest BCUT2D eigenvalue weighted by Gasteiger charge is 2.34. The van der Waals surface area contributed by atoms with E-state index in [0.29, 0.717) is 11.5 Å². The summed E-state index contributed by atoms with van der Waals surface area (Å²) in [6.45, 7) is 12.6. The van der Waals surface area contributed by atoms with E-state index in [0.717, 1.165) is 0 Å². The van der Waals surface area contributed by atoms with Gasteiger partial charge in [-0.3, -0.25) is 4.79 Å². The smallest absolute Gasteiger partial charge is 0.237 e. The lowest BCUT2D eigenvalue weighted by Gasteiger charge is -2.40. The van der Waals surface area contributed by atoms with Crippen molar-refractivity contribution in [2.75, 3.05) is 0 Å². The van der Waals surface area contributed by atoms with Crippen LogP contribution in [0.4, 0.5) is 0 Å². The summed E-state index contributed by atoms with van der Waals surface area (Å²) in [4.78, 5) is 12.1. The van der Waals surface area contributed by atoms with Crippen LogP contribution in [0.2, 0.25) is 0 Å². The third-order valence-corrected chi connectivity index (χ3v) is 3.85. The molecule has 1 saturated carbocycles. The molecule has 1 rings (SSSR count). The largest absolute Gasteiger partial charge is 0.350 e. The number of rotatable bonds is 3. The lowest BCUT2D eigenvalue weighted by Crippen LogP contribution is -2.55. The van der Waals surface area contributed by atoms with E-state index >= 15 is 0 Å². The summed E-state index contributed by atoms with van der Waals surface area (Å²) < 4.78 is 0. The zero-order chi connectivity index (χ0) is 14.0. The van der Waals surface area contributed by atoms with E-state index < -0.39 is 0 Å². The zero-order valence-corrected chi connectivity index (χ0v) is 12.9. The molecule has 0 aromatic rings. The number of nitrogens with one attached hydrogen (secondary N) is 2. The quantitative estimate of drug-likeness (QED) is 0.813. The van der Waals surface area contributed by atoms with Crippen molar-refractivity contribution in [3.8, 4) is 0 Å². The molecular weight excluding hydrogens is 224 g/mol. The Morgan fingerprint density at radius 3 is 2.39 bits per heavy atom. The Labute approximate surface area is 112 Å². The molecule has 2 unspecified atom stereocenters. The highest BCUT2D eigenvalue weighted by Crippen LogP contribution is 2.35. The van der Waals surface area contributed by atoms with Crippen LogP contribution < -0.4 is 10.6 Å². The Morgan fingerprint density at radius 2 is 1.89 bits per heavy atom. The normalized spacial score (nSPS) is 25.6. The number of carbonyl (C=O) groups is 1. The standard InChI is InChI=1S/C15H30N2O/c1-11(13(18)17-14(2,3)4)16-12-9-7-8-10-15(12,5)6/h11-12,16H,7-10H2,1-6H3,(H,17,18). The molecule has 0 saturated heterocycles. The molecule has 0 heterocycles. The van der Waals surface area contributed by atoms with E-state index in [1.54, 1.807) is 0 Å². The second-order valence-corrected chi connectivity index (χ2v) is 7.41. The molecule has 106 valence electrons. The van der Waals surface area contributed by atoms with Gasteiger partial charge < -0.3 is 10.6 Å². The monoisotopic (exact) mass is 254 g/mol. The Hall–Kier alpha value is -0.570. The molecular formula is C15H30N2O. The summed E-state index contributed by atoms with van der Waals surface area (Å²) in [5, 5.41) is 6.55. The minimum absolute atomic E-state index is 0.101. The van der Waals surface area contributed by atoms with Gasteiger partial charge in [0.25, 0.3) is 0 Å². The summed E-state index contributed by atoms with van der Waals surface area (Å²) in [6.07, 6.45) is 5.01. The van der Waals surface area contributed by atoms with Crippen LogP contribution in [0.15, 0.2) is 0 Å². The first-order valence-corrected chi connectivity index (χ1v) is 7.20. The van der Waals surface area contributed by atoms with Crippen molar-refractivity contribution >= 4 is 5.91 Å². The Kier molecular flexibility index (Phi) is 4.82. The number of carbonyl (C=O) groups excluding carboxylic acids is 1. The summed E-state index contributed by atoms with van der Waals surface area (Å²) >= 11 is 0. The minimum atomic E-state index is -0.158. The second kappa shape index (κ2) is 5.60. The fourth-order valence-corrected chi connectivity index (χ4v) is 2.66. The van der Waals surface area contributed by atoms with Crippen molar-refractivity contribution < 1.29 is 4.79 Å². The van der Waals surface area contributed by atoms with Gasteiger partial charge >= 0.3 is 0 Å². The SMILES string of the molecule is CC(NC1CCCCC1(C)C)C(=O)NC(C)(C)C. The van der Waals surface area contributed by atoms with Gasteiger partial charge in [-0.25, -0.2) is 0 Å². The summed E-state index contributed by atoms with van der Waals surface area (Å²) in [5.41, 5.74) is 0.142. The zero-order valence-electron chi connectivity index (χ0n) is 12.9. The maximum absolute atomic E-state index is 12.1. The van der Waals surface area contributed by atoms with Crippen LogP contribution in [0.5, 0.6) is 0 Å². The Balaban J connectivity index is 2.53. The second-order valence-electron chi connectivity index (χ2n) is 7.41. The van der Waals surface area contributed by atoms with Gasteiger partial charge in [-0.2, -0.15) is 0 Å². The van der Waals surface area contributed by atoms with E-state index in [4.69, 9.17) is 0 Å². The average Bonchev–Trinajstić information content (AvgIpc) is 2.18. The van der Waals surface area contributed by atoms with Crippen LogP contribution in [-0.4, -0.2) is 23.5 Å². The molecule has 0 aromatic heterocycles. The molecule has 0 radical (unpaired) electrons. The molecule has 0 bridgehead atoms. The molecule has 0 spiro atoms. The van der Waals surface area contributed by atoms with E-state index in [1.165, 1.54) is 25.7 Å². The Morgan fingerprint density at radius 1 is 1.28 bits per heavy atom. The van der Waals surface area contributed by atoms with Crippen LogP contribution >= 0.6 is 0 Å². The lowest BCUT2D eigenvalue weighted by atomic mass is 9.73. The molecule has 2 N–H and O–H groups in total. The summed E-state index contributed by atoms with van der Waals surface area (Å²) in [5.74, 6) is 0.101. The molecule has 3 nitrogen and oxygen atoms in total. The molecule has 0 aliphatic heterocycles. The maximum atomic E-state index is 12.1. The third-order valence-electron chi connectivity index (χ3n) is 3.85. The van der Waals surface area contributed by atoms with Crippen LogP contribution in [0, 0.1) is 5.41 Å². The van der Waals surface area contributed by atoms with Crippen molar-refractivity contribution in [1.29, 1.82) is 0 Å². The van der Waals surface area contributed by atoms with Crippen molar-refractivity contribution in [2.45, 2.75) is 84.8 Å². The molecule has 18 heavy (non-hydrogen) atoms. The van der Waals surface area contributed by atoms with Crippen molar-refractivity contribution in [2.24, 2.45) is 5.41 Å². The number of amides is 1. The van der Waals surface area contributed by atoms with Crippen LogP contribution in [0.3, 0.4) is 0 Å². The molecule has 2 atom stereocenters. The van der Waals surface area contributed by atoms with Crippen molar-refractivity contribution in [3.63, 3.8) is 0 Å². The molecule has 1 amide bonds. The fraction of sp³-hybridized carbons (Fsp3) is 0.933. The first-order valence-electron chi connectivity index (χ1n) is 7.20. The fourth-order valence-electron chi connectivity index (χ4n) is 2.66. The van der Waals surface area contributed by atoms with E-state index in [2.05, 4.69) is 24.5 Å². The topological polar surface area (TPSA) is 41.1 Å².